The first-order valence-corrected chi connectivity index (χ1v) is 5.51. The molecule has 0 heterocycles. The Morgan fingerprint density at radius 3 is 2.65 bits per heavy atom. The molecule has 0 bridgehead atoms. The Morgan fingerprint density at radius 2 is 2.06 bits per heavy atom. The summed E-state index contributed by atoms with van der Waals surface area (Å²) in [6, 6.07) is 5.41. The highest BCUT2D eigenvalue weighted by atomic mass is 16.5. The van der Waals surface area contributed by atoms with Crippen LogP contribution in [0.5, 0.6) is 0 Å². The minimum absolute atomic E-state index is 0.00999. The number of esters is 1. The average Bonchev–Trinajstić information content (AvgIpc) is 2.28. The van der Waals surface area contributed by atoms with Gasteiger partial charge in [0, 0.05) is 11.6 Å². The first-order valence-electron chi connectivity index (χ1n) is 5.51. The number of Topliss-reactive ketones (excluding diaryl/α,β-unsaturated/α-hetero) is 1. The van der Waals surface area contributed by atoms with Gasteiger partial charge < -0.3 is 4.74 Å². The Hall–Kier alpha value is -1.90. The third kappa shape index (κ3) is 3.87. The Kier molecular flexibility index (Phi) is 4.64. The predicted molar refractivity (Wildman–Crippen MR) is 66.9 cm³/mol. The molecule has 0 atom stereocenters. The number of rotatable bonds is 4. The van der Waals surface area contributed by atoms with E-state index in [0.717, 1.165) is 11.1 Å². The second-order valence-electron chi connectivity index (χ2n) is 3.71. The zero-order chi connectivity index (χ0) is 12.8. The monoisotopic (exact) mass is 232 g/mol. The van der Waals surface area contributed by atoms with Crippen molar-refractivity contribution >= 4 is 17.8 Å². The molecule has 1 aromatic rings. The molecule has 0 aliphatic heterocycles. The first-order chi connectivity index (χ1) is 8.04. The number of carbonyl (C=O) groups excluding carboxylic acids is 2. The van der Waals surface area contributed by atoms with Crippen molar-refractivity contribution in [2.75, 3.05) is 6.61 Å². The van der Waals surface area contributed by atoms with Gasteiger partial charge in [-0.2, -0.15) is 0 Å². The van der Waals surface area contributed by atoms with E-state index in [1.165, 1.54) is 13.0 Å². The van der Waals surface area contributed by atoms with E-state index in [0.29, 0.717) is 12.2 Å². The standard InChI is InChI=1S/C14H16O3/c1-4-17-14(16)8-7-12-9-13(11(3)15)6-5-10(12)2/h5-9H,4H2,1-3H3. The van der Waals surface area contributed by atoms with Crippen molar-refractivity contribution in [2.45, 2.75) is 20.8 Å². The van der Waals surface area contributed by atoms with E-state index in [9.17, 15) is 9.59 Å². The molecule has 0 N–H and O–H groups in total. The molecule has 3 heteroatoms. The lowest BCUT2D eigenvalue weighted by molar-refractivity contribution is -0.137. The molecule has 3 nitrogen and oxygen atoms in total. The highest BCUT2D eigenvalue weighted by Gasteiger charge is 2.02. The summed E-state index contributed by atoms with van der Waals surface area (Å²) in [5.74, 6) is -0.365. The maximum absolute atomic E-state index is 11.2. The van der Waals surface area contributed by atoms with Crippen LogP contribution in [0.15, 0.2) is 24.3 Å². The van der Waals surface area contributed by atoms with Crippen LogP contribution < -0.4 is 0 Å². The van der Waals surface area contributed by atoms with Crippen LogP contribution in [0.2, 0.25) is 0 Å². The van der Waals surface area contributed by atoms with Gasteiger partial charge in [0.1, 0.15) is 0 Å². The second-order valence-corrected chi connectivity index (χ2v) is 3.71. The minimum Gasteiger partial charge on any atom is -0.463 e. The molecule has 0 amide bonds. The second kappa shape index (κ2) is 5.99. The number of ether oxygens (including phenoxy) is 1. The van der Waals surface area contributed by atoms with Crippen molar-refractivity contribution in [1.82, 2.24) is 0 Å². The van der Waals surface area contributed by atoms with Gasteiger partial charge in [0.2, 0.25) is 0 Å². The van der Waals surface area contributed by atoms with E-state index in [-0.39, 0.29) is 11.8 Å². The normalized spacial score (nSPS) is 10.5. The van der Waals surface area contributed by atoms with Gasteiger partial charge in [-0.3, -0.25) is 4.79 Å². The third-order valence-corrected chi connectivity index (χ3v) is 2.37. The molecule has 0 spiro atoms. The number of hydrogen-bond acceptors (Lipinski definition) is 3. The van der Waals surface area contributed by atoms with Gasteiger partial charge in [0.05, 0.1) is 6.61 Å². The van der Waals surface area contributed by atoms with E-state index >= 15 is 0 Å². The predicted octanol–water partition coefficient (Wildman–Crippen LogP) is 2.77. The van der Waals surface area contributed by atoms with Crippen LogP contribution in [-0.2, 0) is 9.53 Å². The molecule has 0 saturated heterocycles. The fourth-order valence-corrected chi connectivity index (χ4v) is 1.39. The quantitative estimate of drug-likeness (QED) is 0.455. The summed E-state index contributed by atoms with van der Waals surface area (Å²) >= 11 is 0. The number of carbonyl (C=O) groups is 2. The molecule has 0 unspecified atom stereocenters. The van der Waals surface area contributed by atoms with Gasteiger partial charge in [0.25, 0.3) is 0 Å². The van der Waals surface area contributed by atoms with Crippen LogP contribution in [-0.4, -0.2) is 18.4 Å². The zero-order valence-corrected chi connectivity index (χ0v) is 10.3. The number of aryl methyl sites for hydroxylation is 1. The summed E-state index contributed by atoms with van der Waals surface area (Å²) in [5, 5.41) is 0. The van der Waals surface area contributed by atoms with Crippen LogP contribution in [0.4, 0.5) is 0 Å². The molecule has 0 radical (unpaired) electrons. The highest BCUT2D eigenvalue weighted by molar-refractivity contribution is 5.95. The van der Waals surface area contributed by atoms with Gasteiger partial charge in [0.15, 0.2) is 5.78 Å². The molecule has 17 heavy (non-hydrogen) atoms. The Bertz CT molecular complexity index is 459. The van der Waals surface area contributed by atoms with Crippen LogP contribution in [0, 0.1) is 6.92 Å². The topological polar surface area (TPSA) is 43.4 Å². The maximum atomic E-state index is 11.2. The lowest BCUT2D eigenvalue weighted by Crippen LogP contribution is -1.99. The first kappa shape index (κ1) is 13.2. The van der Waals surface area contributed by atoms with Crippen molar-refractivity contribution in [3.05, 3.63) is 41.0 Å². The smallest absolute Gasteiger partial charge is 0.330 e. The minimum atomic E-state index is -0.375. The van der Waals surface area contributed by atoms with E-state index in [4.69, 9.17) is 4.74 Å². The molecular weight excluding hydrogens is 216 g/mol. The summed E-state index contributed by atoms with van der Waals surface area (Å²) in [6.45, 7) is 5.56. The van der Waals surface area contributed by atoms with E-state index < -0.39 is 0 Å². The van der Waals surface area contributed by atoms with Gasteiger partial charge in [-0.25, -0.2) is 4.79 Å². The van der Waals surface area contributed by atoms with Crippen molar-refractivity contribution < 1.29 is 14.3 Å². The largest absolute Gasteiger partial charge is 0.463 e. The maximum Gasteiger partial charge on any atom is 0.330 e. The van der Waals surface area contributed by atoms with E-state index in [1.54, 1.807) is 25.1 Å². The molecular formula is C14H16O3. The molecule has 1 rings (SSSR count). The summed E-state index contributed by atoms with van der Waals surface area (Å²) < 4.78 is 4.79. The lowest BCUT2D eigenvalue weighted by atomic mass is 10.0. The third-order valence-electron chi connectivity index (χ3n) is 2.37. The van der Waals surface area contributed by atoms with Gasteiger partial charge in [-0.15, -0.1) is 0 Å². The Balaban J connectivity index is 2.93. The fraction of sp³-hybridized carbons (Fsp3) is 0.286. The lowest BCUT2D eigenvalue weighted by Gasteiger charge is -2.03. The summed E-state index contributed by atoms with van der Waals surface area (Å²) in [4.78, 5) is 22.4. The van der Waals surface area contributed by atoms with Crippen molar-refractivity contribution in [1.29, 1.82) is 0 Å². The summed E-state index contributed by atoms with van der Waals surface area (Å²) in [5.41, 5.74) is 2.50. The summed E-state index contributed by atoms with van der Waals surface area (Å²) in [6.07, 6.45) is 3.04. The van der Waals surface area contributed by atoms with Gasteiger partial charge >= 0.3 is 5.97 Å². The van der Waals surface area contributed by atoms with E-state index in [2.05, 4.69) is 0 Å². The SMILES string of the molecule is CCOC(=O)C=Cc1cc(C(C)=O)ccc1C. The fourth-order valence-electron chi connectivity index (χ4n) is 1.39. The Morgan fingerprint density at radius 1 is 1.35 bits per heavy atom. The number of hydrogen-bond donors (Lipinski definition) is 0. The molecule has 1 aromatic carbocycles. The summed E-state index contributed by atoms with van der Waals surface area (Å²) in [7, 11) is 0. The Labute approximate surface area is 101 Å². The molecule has 90 valence electrons. The van der Waals surface area contributed by atoms with Gasteiger partial charge in [-0.05, 0) is 44.0 Å². The van der Waals surface area contributed by atoms with E-state index in [1.807, 2.05) is 13.0 Å². The van der Waals surface area contributed by atoms with Crippen LogP contribution >= 0.6 is 0 Å². The van der Waals surface area contributed by atoms with Crippen molar-refractivity contribution in [3.63, 3.8) is 0 Å². The van der Waals surface area contributed by atoms with Crippen molar-refractivity contribution in [2.24, 2.45) is 0 Å². The van der Waals surface area contributed by atoms with Crippen LogP contribution in [0.3, 0.4) is 0 Å². The van der Waals surface area contributed by atoms with Crippen molar-refractivity contribution in [3.8, 4) is 0 Å². The number of ketones is 1. The molecule has 0 aliphatic carbocycles. The zero-order valence-electron chi connectivity index (χ0n) is 10.3. The molecule has 0 saturated carbocycles. The van der Waals surface area contributed by atoms with Crippen LogP contribution in [0.1, 0.15) is 35.3 Å². The van der Waals surface area contributed by atoms with Gasteiger partial charge in [-0.1, -0.05) is 12.1 Å². The number of benzene rings is 1. The highest BCUT2D eigenvalue weighted by Crippen LogP contribution is 2.13. The molecule has 0 aliphatic rings. The van der Waals surface area contributed by atoms with Crippen LogP contribution in [0.25, 0.3) is 6.08 Å². The average molecular weight is 232 g/mol. The molecule has 0 aromatic heterocycles. The molecule has 0 fully saturated rings.